The van der Waals surface area contributed by atoms with Gasteiger partial charge in [0.15, 0.2) is 0 Å². The van der Waals surface area contributed by atoms with Crippen LogP contribution in [0.25, 0.3) is 0 Å². The van der Waals surface area contributed by atoms with Crippen LogP contribution >= 0.6 is 0 Å². The molecule has 1 saturated carbocycles. The van der Waals surface area contributed by atoms with E-state index in [1.165, 1.54) is 12.1 Å². The Kier molecular flexibility index (Phi) is 3.39. The second-order valence-electron chi connectivity index (χ2n) is 4.09. The molecule has 1 aliphatic carbocycles. The molecule has 88 valence electrons. The Balaban J connectivity index is 2.08. The lowest BCUT2D eigenvalue weighted by atomic mass is 10.2. The molecule has 16 heavy (non-hydrogen) atoms. The summed E-state index contributed by atoms with van der Waals surface area (Å²) in [6, 6.07) is 3.55. The molecule has 2 atom stereocenters. The van der Waals surface area contributed by atoms with E-state index < -0.39 is 11.6 Å². The summed E-state index contributed by atoms with van der Waals surface area (Å²) in [5.74, 6) is -0.937. The second kappa shape index (κ2) is 4.78. The minimum Gasteiger partial charge on any atom is -0.489 e. The van der Waals surface area contributed by atoms with E-state index >= 15 is 0 Å². The number of halogens is 2. The number of nitrogens with one attached hydrogen (secondary N) is 1. The largest absolute Gasteiger partial charge is 0.489 e. The first-order chi connectivity index (χ1) is 7.69. The Bertz CT molecular complexity index is 350. The molecule has 1 fully saturated rings. The lowest BCUT2D eigenvalue weighted by Crippen LogP contribution is -2.36. The van der Waals surface area contributed by atoms with Gasteiger partial charge in [-0.2, -0.15) is 0 Å². The highest BCUT2D eigenvalue weighted by Crippen LogP contribution is 2.25. The van der Waals surface area contributed by atoms with Crippen molar-refractivity contribution in [1.82, 2.24) is 5.32 Å². The molecule has 0 aliphatic heterocycles. The molecule has 4 heteroatoms. The van der Waals surface area contributed by atoms with Gasteiger partial charge in [0.2, 0.25) is 0 Å². The first kappa shape index (κ1) is 11.3. The first-order valence-electron chi connectivity index (χ1n) is 5.49. The van der Waals surface area contributed by atoms with Gasteiger partial charge in [-0.25, -0.2) is 8.78 Å². The van der Waals surface area contributed by atoms with Crippen molar-refractivity contribution in [2.24, 2.45) is 0 Å². The van der Waals surface area contributed by atoms with Gasteiger partial charge >= 0.3 is 0 Å². The first-order valence-corrected chi connectivity index (χ1v) is 5.49. The zero-order valence-corrected chi connectivity index (χ0v) is 9.17. The zero-order valence-electron chi connectivity index (χ0n) is 9.17. The molecule has 0 aromatic heterocycles. The maximum Gasteiger partial charge on any atom is 0.129 e. The van der Waals surface area contributed by atoms with Crippen LogP contribution in [0, 0.1) is 11.6 Å². The summed E-state index contributed by atoms with van der Waals surface area (Å²) < 4.78 is 31.5. The van der Waals surface area contributed by atoms with Gasteiger partial charge in [0.05, 0.1) is 0 Å². The quantitative estimate of drug-likeness (QED) is 0.856. The Morgan fingerprint density at radius 1 is 1.19 bits per heavy atom. The standard InChI is InChI=1S/C12H15F2NO/c1-15-11-3-2-4-12(11)16-10-6-8(13)5-9(14)7-10/h5-7,11-12,15H,2-4H2,1H3. The minimum absolute atomic E-state index is 0.00574. The lowest BCUT2D eigenvalue weighted by molar-refractivity contribution is 0.177. The molecule has 0 heterocycles. The van der Waals surface area contributed by atoms with Gasteiger partial charge in [-0.05, 0) is 26.3 Å². The summed E-state index contributed by atoms with van der Waals surface area (Å²) in [7, 11) is 1.87. The summed E-state index contributed by atoms with van der Waals surface area (Å²) in [4.78, 5) is 0. The number of hydrogen-bond acceptors (Lipinski definition) is 2. The lowest BCUT2D eigenvalue weighted by Gasteiger charge is -2.20. The highest BCUT2D eigenvalue weighted by molar-refractivity contribution is 5.24. The zero-order chi connectivity index (χ0) is 11.5. The Morgan fingerprint density at radius 2 is 1.88 bits per heavy atom. The number of likely N-dealkylation sites (N-methyl/N-ethyl adjacent to an activating group) is 1. The average Bonchev–Trinajstić information content (AvgIpc) is 2.63. The van der Waals surface area contributed by atoms with Crippen LogP contribution in [-0.4, -0.2) is 19.2 Å². The van der Waals surface area contributed by atoms with E-state index in [1.54, 1.807) is 0 Å². The van der Waals surface area contributed by atoms with E-state index in [2.05, 4.69) is 5.32 Å². The number of rotatable bonds is 3. The van der Waals surface area contributed by atoms with Gasteiger partial charge in [0.1, 0.15) is 23.5 Å². The monoisotopic (exact) mass is 227 g/mol. The Labute approximate surface area is 93.6 Å². The third-order valence-corrected chi connectivity index (χ3v) is 2.95. The van der Waals surface area contributed by atoms with Crippen molar-refractivity contribution in [3.05, 3.63) is 29.8 Å². The summed E-state index contributed by atoms with van der Waals surface area (Å²) in [5.41, 5.74) is 0. The van der Waals surface area contributed by atoms with Gasteiger partial charge in [-0.15, -0.1) is 0 Å². The Hall–Kier alpha value is -1.16. The molecular weight excluding hydrogens is 212 g/mol. The van der Waals surface area contributed by atoms with E-state index in [-0.39, 0.29) is 17.9 Å². The number of ether oxygens (including phenoxy) is 1. The van der Waals surface area contributed by atoms with Gasteiger partial charge < -0.3 is 10.1 Å². The van der Waals surface area contributed by atoms with Crippen LogP contribution in [-0.2, 0) is 0 Å². The highest BCUT2D eigenvalue weighted by Gasteiger charge is 2.27. The summed E-state index contributed by atoms with van der Waals surface area (Å²) in [6.07, 6.45) is 3.04. The van der Waals surface area contributed by atoms with Crippen molar-refractivity contribution in [1.29, 1.82) is 0 Å². The fourth-order valence-electron chi connectivity index (χ4n) is 2.17. The van der Waals surface area contributed by atoms with Gasteiger partial charge in [0, 0.05) is 24.2 Å². The van der Waals surface area contributed by atoms with Gasteiger partial charge in [0.25, 0.3) is 0 Å². The van der Waals surface area contributed by atoms with Crippen molar-refractivity contribution in [2.75, 3.05) is 7.05 Å². The Morgan fingerprint density at radius 3 is 2.50 bits per heavy atom. The molecule has 0 spiro atoms. The molecule has 0 saturated heterocycles. The van der Waals surface area contributed by atoms with Gasteiger partial charge in [-0.3, -0.25) is 0 Å². The van der Waals surface area contributed by atoms with E-state index in [9.17, 15) is 8.78 Å². The summed E-state index contributed by atoms with van der Waals surface area (Å²) >= 11 is 0. The summed E-state index contributed by atoms with van der Waals surface area (Å²) in [5, 5.41) is 3.15. The second-order valence-corrected chi connectivity index (χ2v) is 4.09. The average molecular weight is 227 g/mol. The smallest absolute Gasteiger partial charge is 0.129 e. The molecule has 0 bridgehead atoms. The third-order valence-electron chi connectivity index (χ3n) is 2.95. The van der Waals surface area contributed by atoms with Crippen molar-refractivity contribution < 1.29 is 13.5 Å². The molecule has 1 N–H and O–H groups in total. The van der Waals surface area contributed by atoms with Crippen LogP contribution in [0.3, 0.4) is 0 Å². The molecule has 2 nitrogen and oxygen atoms in total. The van der Waals surface area contributed by atoms with Crippen molar-refractivity contribution in [2.45, 2.75) is 31.4 Å². The number of hydrogen-bond donors (Lipinski definition) is 1. The molecule has 0 radical (unpaired) electrons. The minimum atomic E-state index is -0.603. The van der Waals surface area contributed by atoms with E-state index in [0.29, 0.717) is 0 Å². The molecule has 2 unspecified atom stereocenters. The van der Waals surface area contributed by atoms with E-state index in [0.717, 1.165) is 25.3 Å². The van der Waals surface area contributed by atoms with Crippen LogP contribution in [0.2, 0.25) is 0 Å². The van der Waals surface area contributed by atoms with E-state index in [4.69, 9.17) is 4.74 Å². The maximum atomic E-state index is 12.9. The maximum absolute atomic E-state index is 12.9. The molecule has 2 rings (SSSR count). The van der Waals surface area contributed by atoms with Crippen LogP contribution in [0.5, 0.6) is 5.75 Å². The molecule has 1 aliphatic rings. The molecule has 0 amide bonds. The van der Waals surface area contributed by atoms with Crippen molar-refractivity contribution in [3.8, 4) is 5.75 Å². The van der Waals surface area contributed by atoms with E-state index in [1.807, 2.05) is 7.05 Å². The van der Waals surface area contributed by atoms with Gasteiger partial charge in [-0.1, -0.05) is 0 Å². The SMILES string of the molecule is CNC1CCCC1Oc1cc(F)cc(F)c1. The van der Waals surface area contributed by atoms with Crippen LogP contribution in [0.15, 0.2) is 18.2 Å². The fourth-order valence-corrected chi connectivity index (χ4v) is 2.17. The normalized spacial score (nSPS) is 24.7. The predicted molar refractivity (Wildman–Crippen MR) is 57.5 cm³/mol. The number of benzene rings is 1. The van der Waals surface area contributed by atoms with Crippen LogP contribution in [0.1, 0.15) is 19.3 Å². The summed E-state index contributed by atoms with van der Waals surface area (Å²) in [6.45, 7) is 0. The molecule has 1 aromatic carbocycles. The molecular formula is C12H15F2NO. The van der Waals surface area contributed by atoms with Crippen molar-refractivity contribution in [3.63, 3.8) is 0 Å². The van der Waals surface area contributed by atoms with Crippen LogP contribution < -0.4 is 10.1 Å². The fraction of sp³-hybridized carbons (Fsp3) is 0.500. The topological polar surface area (TPSA) is 21.3 Å². The van der Waals surface area contributed by atoms with Crippen molar-refractivity contribution >= 4 is 0 Å². The highest BCUT2D eigenvalue weighted by atomic mass is 19.1. The molecule has 1 aromatic rings. The van der Waals surface area contributed by atoms with Crippen LogP contribution in [0.4, 0.5) is 8.78 Å². The predicted octanol–water partition coefficient (Wildman–Crippen LogP) is 2.48. The third kappa shape index (κ3) is 2.50.